The summed E-state index contributed by atoms with van der Waals surface area (Å²) in [5, 5.41) is 4.52. The fraction of sp³-hybridized carbons (Fsp3) is 0. The number of hydrogen-bond acceptors (Lipinski definition) is 2. The van der Waals surface area contributed by atoms with Gasteiger partial charge >= 0.3 is 0 Å². The Kier molecular flexibility index (Phi) is 2.03. The predicted octanol–water partition coefficient (Wildman–Crippen LogP) is 1.23. The average molecular weight is 211 g/mol. The van der Waals surface area contributed by atoms with E-state index >= 15 is 0 Å². The van der Waals surface area contributed by atoms with Gasteiger partial charge < -0.3 is 5.73 Å². The molecule has 4 nitrogen and oxygen atoms in total. The zero-order chi connectivity index (χ0) is 11.0. The second-order valence-electron chi connectivity index (χ2n) is 2.97. The number of nitrogens with one attached hydrogen (secondary N) is 2. The molecule has 0 unspecified atom stereocenters. The average Bonchev–Trinajstić information content (AvgIpc) is 2.52. The lowest BCUT2D eigenvalue weighted by atomic mass is 10.1. The van der Waals surface area contributed by atoms with E-state index in [-0.39, 0.29) is 16.9 Å². The van der Waals surface area contributed by atoms with E-state index in [1.165, 1.54) is 12.1 Å². The summed E-state index contributed by atoms with van der Waals surface area (Å²) < 4.78 is 26.2. The molecule has 1 aromatic heterocycles. The first-order chi connectivity index (χ1) is 7.11. The summed E-state index contributed by atoms with van der Waals surface area (Å²) in [7, 11) is 0. The molecule has 0 fully saturated rings. The fourth-order valence-corrected chi connectivity index (χ4v) is 1.34. The number of nitrogens with two attached hydrogens (primary N) is 1. The minimum Gasteiger partial charge on any atom is -0.383 e. The summed E-state index contributed by atoms with van der Waals surface area (Å²) in [6, 6.07) is 3.56. The highest BCUT2D eigenvalue weighted by atomic mass is 19.2. The number of aromatic amines is 2. The summed E-state index contributed by atoms with van der Waals surface area (Å²) in [5.41, 5.74) is 4.58. The lowest BCUT2D eigenvalue weighted by molar-refractivity contribution is 0.511. The van der Waals surface area contributed by atoms with Gasteiger partial charge in [-0.25, -0.2) is 8.78 Å². The molecule has 0 aliphatic rings. The van der Waals surface area contributed by atoms with Gasteiger partial charge in [-0.3, -0.25) is 15.0 Å². The number of anilines is 1. The van der Waals surface area contributed by atoms with Crippen LogP contribution in [0.25, 0.3) is 11.1 Å². The van der Waals surface area contributed by atoms with Crippen molar-refractivity contribution in [1.29, 1.82) is 0 Å². The molecule has 1 aromatic carbocycles. The molecular formula is C9H7F2N3O. The van der Waals surface area contributed by atoms with Crippen molar-refractivity contribution in [2.45, 2.75) is 0 Å². The first-order valence-corrected chi connectivity index (χ1v) is 4.11. The van der Waals surface area contributed by atoms with Crippen LogP contribution in [-0.4, -0.2) is 10.2 Å². The zero-order valence-corrected chi connectivity index (χ0v) is 7.47. The summed E-state index contributed by atoms with van der Waals surface area (Å²) in [6.45, 7) is 0. The third kappa shape index (κ3) is 1.39. The Morgan fingerprint density at radius 1 is 1.20 bits per heavy atom. The molecular weight excluding hydrogens is 204 g/mol. The zero-order valence-electron chi connectivity index (χ0n) is 7.47. The van der Waals surface area contributed by atoms with Gasteiger partial charge in [0.15, 0.2) is 11.6 Å². The Bertz CT molecular complexity index is 559. The maximum absolute atomic E-state index is 13.3. The number of nitrogen functional groups attached to an aromatic ring is 1. The molecule has 1 heterocycles. The van der Waals surface area contributed by atoms with Crippen molar-refractivity contribution in [3.63, 3.8) is 0 Å². The topological polar surface area (TPSA) is 74.7 Å². The molecule has 6 heteroatoms. The molecule has 0 aliphatic carbocycles. The second-order valence-corrected chi connectivity index (χ2v) is 2.97. The molecule has 0 saturated carbocycles. The molecule has 78 valence electrons. The lowest BCUT2D eigenvalue weighted by Crippen LogP contribution is -2.04. The number of benzene rings is 1. The van der Waals surface area contributed by atoms with Crippen LogP contribution in [0.2, 0.25) is 0 Å². The summed E-state index contributed by atoms with van der Waals surface area (Å²) in [4.78, 5) is 11.2. The standard InChI is InChI=1S/C9H7F2N3O/c10-5-3-1-2-4(7(5)11)6-8(12)13-14-9(6)15/h1-3H,(H4,12,13,14,15). The Hall–Kier alpha value is -2.11. The van der Waals surface area contributed by atoms with Crippen molar-refractivity contribution in [2.75, 3.05) is 5.73 Å². The van der Waals surface area contributed by atoms with Gasteiger partial charge in [0.25, 0.3) is 5.56 Å². The first kappa shape index (κ1) is 9.45. The van der Waals surface area contributed by atoms with Crippen LogP contribution >= 0.6 is 0 Å². The van der Waals surface area contributed by atoms with Gasteiger partial charge in [-0.1, -0.05) is 12.1 Å². The minimum atomic E-state index is -1.09. The van der Waals surface area contributed by atoms with Gasteiger partial charge in [0.1, 0.15) is 5.82 Å². The highest BCUT2D eigenvalue weighted by Gasteiger charge is 2.16. The van der Waals surface area contributed by atoms with E-state index in [1.54, 1.807) is 0 Å². The van der Waals surface area contributed by atoms with Crippen LogP contribution in [0.1, 0.15) is 0 Å². The molecule has 0 aliphatic heterocycles. The van der Waals surface area contributed by atoms with Crippen molar-refractivity contribution in [3.8, 4) is 11.1 Å². The Morgan fingerprint density at radius 2 is 1.93 bits per heavy atom. The van der Waals surface area contributed by atoms with Gasteiger partial charge in [-0.05, 0) is 6.07 Å². The van der Waals surface area contributed by atoms with Crippen LogP contribution in [0.15, 0.2) is 23.0 Å². The molecule has 2 rings (SSSR count). The Morgan fingerprint density at radius 3 is 2.53 bits per heavy atom. The van der Waals surface area contributed by atoms with Gasteiger partial charge in [-0.15, -0.1) is 0 Å². The van der Waals surface area contributed by atoms with E-state index < -0.39 is 17.2 Å². The first-order valence-electron chi connectivity index (χ1n) is 4.11. The Balaban J connectivity index is 2.75. The van der Waals surface area contributed by atoms with Gasteiger partial charge in [0.2, 0.25) is 0 Å². The van der Waals surface area contributed by atoms with Crippen molar-refractivity contribution in [3.05, 3.63) is 40.2 Å². The van der Waals surface area contributed by atoms with Crippen LogP contribution < -0.4 is 11.3 Å². The SMILES string of the molecule is Nc1[nH][nH]c(=O)c1-c1cccc(F)c1F. The number of rotatable bonds is 1. The van der Waals surface area contributed by atoms with Gasteiger partial charge in [0, 0.05) is 5.56 Å². The molecule has 0 spiro atoms. The number of H-pyrrole nitrogens is 2. The molecule has 0 bridgehead atoms. The van der Waals surface area contributed by atoms with Crippen molar-refractivity contribution < 1.29 is 8.78 Å². The molecule has 15 heavy (non-hydrogen) atoms. The molecule has 0 amide bonds. The predicted molar refractivity (Wildman–Crippen MR) is 51.2 cm³/mol. The number of aromatic nitrogens is 2. The van der Waals surface area contributed by atoms with E-state index in [0.29, 0.717) is 0 Å². The van der Waals surface area contributed by atoms with Crippen molar-refractivity contribution in [1.82, 2.24) is 10.2 Å². The highest BCUT2D eigenvalue weighted by molar-refractivity contribution is 5.73. The quantitative estimate of drug-likeness (QED) is 0.663. The largest absolute Gasteiger partial charge is 0.383 e. The summed E-state index contributed by atoms with van der Waals surface area (Å²) >= 11 is 0. The monoisotopic (exact) mass is 211 g/mol. The van der Waals surface area contributed by atoms with E-state index in [2.05, 4.69) is 10.2 Å². The van der Waals surface area contributed by atoms with Crippen LogP contribution in [0.5, 0.6) is 0 Å². The van der Waals surface area contributed by atoms with Crippen LogP contribution in [0.3, 0.4) is 0 Å². The third-order valence-corrected chi connectivity index (χ3v) is 2.03. The number of halogens is 2. The van der Waals surface area contributed by atoms with E-state index in [9.17, 15) is 13.6 Å². The Labute approximate surface area is 82.7 Å². The maximum atomic E-state index is 13.3. The van der Waals surface area contributed by atoms with Gasteiger partial charge in [-0.2, -0.15) is 0 Å². The van der Waals surface area contributed by atoms with E-state index in [4.69, 9.17) is 5.73 Å². The summed E-state index contributed by atoms with van der Waals surface area (Å²) in [5.74, 6) is -2.13. The van der Waals surface area contributed by atoms with Crippen LogP contribution in [-0.2, 0) is 0 Å². The second kappa shape index (κ2) is 3.23. The van der Waals surface area contributed by atoms with E-state index in [0.717, 1.165) is 6.07 Å². The molecule has 0 radical (unpaired) electrons. The molecule has 0 saturated heterocycles. The van der Waals surface area contributed by atoms with Crippen molar-refractivity contribution >= 4 is 5.82 Å². The number of hydrogen-bond donors (Lipinski definition) is 3. The van der Waals surface area contributed by atoms with Gasteiger partial charge in [0.05, 0.1) is 5.56 Å². The van der Waals surface area contributed by atoms with Crippen LogP contribution in [0, 0.1) is 11.6 Å². The molecule has 0 atom stereocenters. The minimum absolute atomic E-state index is 0.0236. The third-order valence-electron chi connectivity index (χ3n) is 2.03. The van der Waals surface area contributed by atoms with Crippen molar-refractivity contribution in [2.24, 2.45) is 0 Å². The fourth-order valence-electron chi connectivity index (χ4n) is 1.34. The lowest BCUT2D eigenvalue weighted by Gasteiger charge is -2.00. The molecule has 4 N–H and O–H groups in total. The summed E-state index contributed by atoms with van der Waals surface area (Å²) in [6.07, 6.45) is 0. The van der Waals surface area contributed by atoms with Crippen LogP contribution in [0.4, 0.5) is 14.6 Å². The van der Waals surface area contributed by atoms with E-state index in [1.807, 2.05) is 0 Å². The molecule has 2 aromatic rings. The smallest absolute Gasteiger partial charge is 0.274 e. The normalized spacial score (nSPS) is 10.5. The maximum Gasteiger partial charge on any atom is 0.274 e. The highest BCUT2D eigenvalue weighted by Crippen LogP contribution is 2.24.